The van der Waals surface area contributed by atoms with Gasteiger partial charge in [-0.3, -0.25) is 4.79 Å². The number of aromatic nitrogens is 2. The predicted molar refractivity (Wildman–Crippen MR) is 195 cm³/mol. The number of benzene rings is 1. The molecule has 49 heavy (non-hydrogen) atoms. The van der Waals surface area contributed by atoms with E-state index in [1.165, 1.54) is 57.8 Å². The smallest absolute Gasteiger partial charge is 0.229 e. The van der Waals surface area contributed by atoms with Crippen molar-refractivity contribution in [2.24, 2.45) is 62.1 Å². The first-order chi connectivity index (χ1) is 23.3. The van der Waals surface area contributed by atoms with E-state index < -0.39 is 0 Å². The maximum atomic E-state index is 15.5. The number of amides is 1. The number of hydrogen-bond acceptors (Lipinski definition) is 3. The van der Waals surface area contributed by atoms with E-state index in [1.807, 2.05) is 6.20 Å². The number of aliphatic hydroxyl groups excluding tert-OH is 1. The van der Waals surface area contributed by atoms with Gasteiger partial charge in [0.2, 0.25) is 5.91 Å². The maximum absolute atomic E-state index is 15.5. The molecule has 2 heterocycles. The SMILES string of the molecule is CC1(C2CC[C@]3(C(=O)N4CCC[C@H]4c4ncc(-c5ccccc5)[nH]4)CC[C@]4(C)[C@H](CCC5[C@@]6(C)CC[C@H](O)C(C)(C)C6CC[C@]54C)C23)CC1. The monoisotopic (exact) mass is 665 g/mol. The Morgan fingerprint density at radius 2 is 1.57 bits per heavy atom. The van der Waals surface area contributed by atoms with E-state index in [-0.39, 0.29) is 39.2 Å². The standard InChI is InChI=1S/C44H63N3O2/c1-39(2)33-17-20-43(6)34(41(33,4)19-18-35(39)48)15-14-30-36-29(40(3)22-23-40)16-21-44(36,25-24-42(30,43)5)38(49)47-26-10-13-32(47)37-45-27-31(46-37)28-11-8-7-9-12-28/h7-9,11-12,27,29-30,32-36,48H,10,13-26H2,1-6H3,(H,45,46)/t29?,30-,32+,33?,34?,35+,36?,41+,42-,43-,44+/m1/s1. The topological polar surface area (TPSA) is 69.2 Å². The number of nitrogens with one attached hydrogen (secondary N) is 1. The molecule has 7 fully saturated rings. The van der Waals surface area contributed by atoms with Crippen LogP contribution in [0.25, 0.3) is 11.3 Å². The van der Waals surface area contributed by atoms with E-state index in [4.69, 9.17) is 4.98 Å². The van der Waals surface area contributed by atoms with Crippen LogP contribution in [-0.2, 0) is 4.79 Å². The third-order valence-electron chi connectivity index (χ3n) is 18.3. The zero-order valence-corrected chi connectivity index (χ0v) is 31.4. The van der Waals surface area contributed by atoms with Crippen LogP contribution in [0.5, 0.6) is 0 Å². The molecule has 0 bridgehead atoms. The molecule has 7 aliphatic rings. The van der Waals surface area contributed by atoms with Gasteiger partial charge >= 0.3 is 0 Å². The van der Waals surface area contributed by atoms with Gasteiger partial charge in [-0.15, -0.1) is 0 Å². The Morgan fingerprint density at radius 1 is 0.796 bits per heavy atom. The zero-order valence-electron chi connectivity index (χ0n) is 31.4. The van der Waals surface area contributed by atoms with Crippen molar-refractivity contribution in [2.75, 3.05) is 6.54 Å². The van der Waals surface area contributed by atoms with Gasteiger partial charge in [0.05, 0.1) is 29.5 Å². The number of carbonyl (C=O) groups is 1. The van der Waals surface area contributed by atoms with Crippen molar-refractivity contribution in [3.8, 4) is 11.3 Å². The summed E-state index contributed by atoms with van der Waals surface area (Å²) >= 11 is 0. The van der Waals surface area contributed by atoms with Gasteiger partial charge in [-0.1, -0.05) is 71.9 Å². The van der Waals surface area contributed by atoms with Gasteiger partial charge < -0.3 is 15.0 Å². The summed E-state index contributed by atoms with van der Waals surface area (Å²) < 4.78 is 0. The van der Waals surface area contributed by atoms with Crippen LogP contribution >= 0.6 is 0 Å². The average Bonchev–Trinajstić information content (AvgIpc) is 3.48. The summed E-state index contributed by atoms with van der Waals surface area (Å²) in [6, 6.07) is 10.5. The number of aliphatic hydroxyl groups is 1. The molecule has 1 aliphatic heterocycles. The van der Waals surface area contributed by atoms with Gasteiger partial charge in [-0.05, 0) is 152 Å². The fraction of sp³-hybridized carbons (Fsp3) is 0.773. The number of likely N-dealkylation sites (tertiary alicyclic amines) is 1. The molecule has 6 aliphatic carbocycles. The minimum Gasteiger partial charge on any atom is -0.393 e. The second-order valence-electron chi connectivity index (χ2n) is 20.2. The van der Waals surface area contributed by atoms with Gasteiger partial charge in [0.15, 0.2) is 0 Å². The van der Waals surface area contributed by atoms with Crippen LogP contribution in [0.4, 0.5) is 0 Å². The number of hydrogen-bond donors (Lipinski definition) is 2. The molecule has 6 saturated carbocycles. The predicted octanol–water partition coefficient (Wildman–Crippen LogP) is 9.98. The second kappa shape index (κ2) is 10.7. The van der Waals surface area contributed by atoms with E-state index in [0.717, 1.165) is 55.7 Å². The van der Waals surface area contributed by atoms with E-state index in [0.29, 0.717) is 40.9 Å². The average molecular weight is 666 g/mol. The van der Waals surface area contributed by atoms with Crippen LogP contribution in [0.3, 0.4) is 0 Å². The van der Waals surface area contributed by atoms with Crippen LogP contribution in [0.15, 0.2) is 36.5 Å². The molecule has 4 unspecified atom stereocenters. The van der Waals surface area contributed by atoms with Crippen molar-refractivity contribution in [2.45, 2.75) is 144 Å². The van der Waals surface area contributed by atoms with Gasteiger partial charge in [-0.2, -0.15) is 0 Å². The molecule has 5 nitrogen and oxygen atoms in total. The van der Waals surface area contributed by atoms with Crippen LogP contribution in [0.2, 0.25) is 0 Å². The Morgan fingerprint density at radius 3 is 2.33 bits per heavy atom. The maximum Gasteiger partial charge on any atom is 0.229 e. The normalized spacial score (nSPS) is 46.3. The molecule has 0 spiro atoms. The van der Waals surface area contributed by atoms with Crippen molar-refractivity contribution in [1.82, 2.24) is 14.9 Å². The van der Waals surface area contributed by atoms with Crippen molar-refractivity contribution < 1.29 is 9.90 Å². The van der Waals surface area contributed by atoms with Gasteiger partial charge in [0, 0.05) is 6.54 Å². The molecular formula is C44H63N3O2. The fourth-order valence-electron chi connectivity index (χ4n) is 15.1. The number of imidazole rings is 1. The van der Waals surface area contributed by atoms with Crippen molar-refractivity contribution in [3.05, 3.63) is 42.4 Å². The van der Waals surface area contributed by atoms with Gasteiger partial charge in [0.1, 0.15) is 5.82 Å². The van der Waals surface area contributed by atoms with Crippen molar-refractivity contribution >= 4 is 5.91 Å². The molecule has 2 aromatic rings. The first-order valence-electron chi connectivity index (χ1n) is 20.4. The second-order valence-corrected chi connectivity index (χ2v) is 20.2. The van der Waals surface area contributed by atoms with Crippen LogP contribution in [0, 0.1) is 62.1 Å². The van der Waals surface area contributed by atoms with E-state index in [1.54, 1.807) is 0 Å². The van der Waals surface area contributed by atoms with E-state index in [9.17, 15) is 5.11 Å². The number of nitrogens with zero attached hydrogens (tertiary/aromatic N) is 2. The first kappa shape index (κ1) is 32.7. The summed E-state index contributed by atoms with van der Waals surface area (Å²) in [4.78, 5) is 26.4. The van der Waals surface area contributed by atoms with Gasteiger partial charge in [-0.25, -0.2) is 4.98 Å². The van der Waals surface area contributed by atoms with Crippen molar-refractivity contribution in [3.63, 3.8) is 0 Å². The first-order valence-corrected chi connectivity index (χ1v) is 20.4. The molecule has 9 rings (SSSR count). The molecule has 1 amide bonds. The molecular weight excluding hydrogens is 603 g/mol. The lowest BCUT2D eigenvalue weighted by Crippen LogP contribution is -2.67. The Labute approximate surface area is 295 Å². The highest BCUT2D eigenvalue weighted by molar-refractivity contribution is 5.84. The molecule has 266 valence electrons. The summed E-state index contributed by atoms with van der Waals surface area (Å²) in [6.45, 7) is 16.3. The highest BCUT2D eigenvalue weighted by Gasteiger charge is 2.73. The van der Waals surface area contributed by atoms with Crippen LogP contribution < -0.4 is 0 Å². The highest BCUT2D eigenvalue weighted by atomic mass is 16.3. The largest absolute Gasteiger partial charge is 0.393 e. The Kier molecular flexibility index (Phi) is 7.15. The Hall–Kier alpha value is -2.14. The molecule has 1 aromatic carbocycles. The van der Waals surface area contributed by atoms with E-state index >= 15 is 4.79 Å². The molecule has 1 aromatic heterocycles. The number of aromatic amines is 1. The number of carbonyl (C=O) groups excluding carboxylic acids is 1. The lowest BCUT2D eigenvalue weighted by Gasteiger charge is -2.73. The van der Waals surface area contributed by atoms with Crippen LogP contribution in [-0.4, -0.2) is 38.5 Å². The fourth-order valence-corrected chi connectivity index (χ4v) is 15.1. The lowest BCUT2D eigenvalue weighted by atomic mass is 9.32. The summed E-state index contributed by atoms with van der Waals surface area (Å²) in [7, 11) is 0. The summed E-state index contributed by atoms with van der Waals surface area (Å²) in [5, 5.41) is 11.2. The molecule has 11 atom stereocenters. The lowest BCUT2D eigenvalue weighted by molar-refractivity contribution is -0.249. The third kappa shape index (κ3) is 4.32. The summed E-state index contributed by atoms with van der Waals surface area (Å²) in [5.74, 6) is 4.54. The minimum atomic E-state index is -0.223. The van der Waals surface area contributed by atoms with Gasteiger partial charge in [0.25, 0.3) is 0 Å². The zero-order chi connectivity index (χ0) is 34.2. The Bertz CT molecular complexity index is 1610. The number of H-pyrrole nitrogens is 1. The number of rotatable bonds is 4. The quantitative estimate of drug-likeness (QED) is 0.342. The Balaban J connectivity index is 1.06. The van der Waals surface area contributed by atoms with Crippen LogP contribution in [0.1, 0.15) is 143 Å². The minimum absolute atomic E-state index is 0.0144. The highest BCUT2D eigenvalue weighted by Crippen LogP contribution is 2.79. The molecule has 5 heteroatoms. The number of fused-ring (bicyclic) bond motifs is 7. The van der Waals surface area contributed by atoms with Crippen molar-refractivity contribution in [1.29, 1.82) is 0 Å². The summed E-state index contributed by atoms with van der Waals surface area (Å²) in [6.07, 6.45) is 18.4. The summed E-state index contributed by atoms with van der Waals surface area (Å²) in [5.41, 5.74) is 3.21. The third-order valence-corrected chi connectivity index (χ3v) is 18.3. The molecule has 1 saturated heterocycles. The molecule has 0 radical (unpaired) electrons. The molecule has 2 N–H and O–H groups in total. The van der Waals surface area contributed by atoms with E-state index in [2.05, 4.69) is 81.8 Å².